The lowest BCUT2D eigenvalue weighted by Gasteiger charge is -2.17. The van der Waals surface area contributed by atoms with E-state index in [1.165, 1.54) is 0 Å². The highest BCUT2D eigenvalue weighted by molar-refractivity contribution is 6.20. The summed E-state index contributed by atoms with van der Waals surface area (Å²) >= 11 is 0. The van der Waals surface area contributed by atoms with Gasteiger partial charge in [-0.15, -0.1) is 0 Å². The quantitative estimate of drug-likeness (QED) is 0.206. The Balaban J connectivity index is 1.54. The summed E-state index contributed by atoms with van der Waals surface area (Å²) < 4.78 is 0. The van der Waals surface area contributed by atoms with Crippen LogP contribution in [0.1, 0.15) is 40.9 Å². The van der Waals surface area contributed by atoms with E-state index in [1.54, 1.807) is 26.2 Å². The first-order chi connectivity index (χ1) is 18.6. The number of hydrogen-bond donors (Lipinski definition) is 4. The number of carbonyl (C=O) groups is 1. The van der Waals surface area contributed by atoms with E-state index in [1.807, 2.05) is 55.5 Å². The molecule has 6 rings (SSSR count). The number of H-pyrrole nitrogens is 1. The maximum absolute atomic E-state index is 12.4. The lowest BCUT2D eigenvalue weighted by Crippen LogP contribution is -2.14. The second kappa shape index (κ2) is 8.92. The average Bonchev–Trinajstić information content (AvgIpc) is 3.28. The topological polar surface area (TPSA) is 117 Å². The van der Waals surface area contributed by atoms with Gasteiger partial charge in [0.15, 0.2) is 0 Å². The molecule has 0 spiro atoms. The van der Waals surface area contributed by atoms with Gasteiger partial charge in [0.25, 0.3) is 5.91 Å². The largest absolute Gasteiger partial charge is 0.386 e. The molecule has 0 saturated heterocycles. The Hall–Kier alpha value is -4.75. The lowest BCUT2D eigenvalue weighted by molar-refractivity contribution is 0.0787. The highest BCUT2D eigenvalue weighted by atomic mass is 16.3. The smallest absolute Gasteiger partial charge is 0.250 e. The Morgan fingerprint density at radius 1 is 0.949 bits per heavy atom. The van der Waals surface area contributed by atoms with Crippen LogP contribution in [-0.2, 0) is 5.60 Å². The molecule has 7 heteroatoms. The summed E-state index contributed by atoms with van der Waals surface area (Å²) in [6.07, 6.45) is 1.57. The van der Waals surface area contributed by atoms with Crippen LogP contribution in [0.4, 0.5) is 11.5 Å². The molecule has 7 nitrogen and oxygen atoms in total. The van der Waals surface area contributed by atoms with Crippen LogP contribution in [-0.4, -0.2) is 26.0 Å². The summed E-state index contributed by atoms with van der Waals surface area (Å²) in [5.74, 6) is 0.236. The van der Waals surface area contributed by atoms with E-state index < -0.39 is 11.5 Å². The number of aromatic amines is 1. The Morgan fingerprint density at radius 2 is 1.74 bits per heavy atom. The molecule has 0 aliphatic rings. The summed E-state index contributed by atoms with van der Waals surface area (Å²) in [5.41, 5.74) is 13.4. The fourth-order valence-corrected chi connectivity index (χ4v) is 5.28. The number of aliphatic hydroxyl groups is 1. The van der Waals surface area contributed by atoms with Crippen molar-refractivity contribution in [3.8, 4) is 11.1 Å². The molecule has 0 radical (unpaired) electrons. The molecule has 0 fully saturated rings. The van der Waals surface area contributed by atoms with Crippen molar-refractivity contribution < 1.29 is 9.90 Å². The zero-order chi connectivity index (χ0) is 27.5. The summed E-state index contributed by atoms with van der Waals surface area (Å²) in [7, 11) is 0. The fraction of sp³-hybridized carbons (Fsp3) is 0.156. The van der Waals surface area contributed by atoms with E-state index >= 15 is 0 Å². The van der Waals surface area contributed by atoms with Crippen LogP contribution in [0.15, 0.2) is 73.1 Å². The van der Waals surface area contributed by atoms with Crippen LogP contribution in [0.25, 0.3) is 43.8 Å². The number of benzene rings is 4. The molecule has 6 aromatic rings. The second-order valence-corrected chi connectivity index (χ2v) is 10.6. The Labute approximate surface area is 225 Å². The molecule has 0 aliphatic carbocycles. The van der Waals surface area contributed by atoms with E-state index in [9.17, 15) is 9.90 Å². The van der Waals surface area contributed by atoms with E-state index in [-0.39, 0.29) is 0 Å². The molecule has 0 aliphatic heterocycles. The molecule has 0 atom stereocenters. The molecule has 1 amide bonds. The van der Waals surface area contributed by atoms with Crippen molar-refractivity contribution in [2.24, 2.45) is 5.73 Å². The third kappa shape index (κ3) is 4.17. The Kier molecular flexibility index (Phi) is 5.62. The predicted octanol–water partition coefficient (Wildman–Crippen LogP) is 6.62. The first-order valence-corrected chi connectivity index (χ1v) is 12.8. The molecule has 194 valence electrons. The fourth-order valence-electron chi connectivity index (χ4n) is 5.28. The second-order valence-electron chi connectivity index (χ2n) is 10.6. The lowest BCUT2D eigenvalue weighted by atomic mass is 9.92. The van der Waals surface area contributed by atoms with Crippen molar-refractivity contribution in [3.63, 3.8) is 0 Å². The zero-order valence-corrected chi connectivity index (χ0v) is 22.3. The zero-order valence-electron chi connectivity index (χ0n) is 22.3. The Morgan fingerprint density at radius 3 is 2.51 bits per heavy atom. The minimum absolute atomic E-state index is 0.421. The number of nitrogens with zero attached hydrogens (tertiary/aromatic N) is 2. The van der Waals surface area contributed by atoms with Gasteiger partial charge in [-0.1, -0.05) is 36.4 Å². The van der Waals surface area contributed by atoms with Crippen molar-refractivity contribution in [2.75, 3.05) is 5.32 Å². The van der Waals surface area contributed by atoms with Gasteiger partial charge >= 0.3 is 0 Å². The third-order valence-electron chi connectivity index (χ3n) is 7.39. The van der Waals surface area contributed by atoms with E-state index in [2.05, 4.69) is 39.3 Å². The predicted molar refractivity (Wildman–Crippen MR) is 157 cm³/mol. The number of carbonyl (C=O) groups excluding carboxylic acids is 1. The summed E-state index contributed by atoms with van der Waals surface area (Å²) in [5, 5.41) is 16.9. The van der Waals surface area contributed by atoms with Crippen molar-refractivity contribution in [2.45, 2.75) is 33.3 Å². The number of hydrogen-bond acceptors (Lipinski definition) is 5. The first-order valence-electron chi connectivity index (χ1n) is 12.8. The monoisotopic (exact) mass is 515 g/mol. The molecule has 0 bridgehead atoms. The summed E-state index contributed by atoms with van der Waals surface area (Å²) in [6, 6.07) is 21.8. The highest BCUT2D eigenvalue weighted by Gasteiger charge is 2.21. The van der Waals surface area contributed by atoms with Crippen molar-refractivity contribution in [3.05, 3.63) is 95.3 Å². The minimum Gasteiger partial charge on any atom is -0.386 e. The number of nitrogens with two attached hydrogens (primary N) is 1. The van der Waals surface area contributed by atoms with Crippen LogP contribution in [0.5, 0.6) is 0 Å². The maximum Gasteiger partial charge on any atom is 0.250 e. The summed E-state index contributed by atoms with van der Waals surface area (Å²) in [6.45, 7) is 7.62. The highest BCUT2D eigenvalue weighted by Crippen LogP contribution is 2.40. The molecule has 2 heterocycles. The Bertz CT molecular complexity index is 1930. The van der Waals surface area contributed by atoms with Gasteiger partial charge in [-0.2, -0.15) is 0 Å². The summed E-state index contributed by atoms with van der Waals surface area (Å²) in [4.78, 5) is 24.7. The molecule has 39 heavy (non-hydrogen) atoms. The normalized spacial score (nSPS) is 11.9. The number of primary amides is 1. The van der Waals surface area contributed by atoms with E-state index in [0.29, 0.717) is 11.1 Å². The number of rotatable bonds is 5. The van der Waals surface area contributed by atoms with Crippen LogP contribution >= 0.6 is 0 Å². The molecule has 0 saturated carbocycles. The van der Waals surface area contributed by atoms with Crippen LogP contribution < -0.4 is 11.1 Å². The number of amides is 1. The number of nitrogens with one attached hydrogen (secondary N) is 2. The number of anilines is 2. The van der Waals surface area contributed by atoms with Gasteiger partial charge < -0.3 is 21.1 Å². The van der Waals surface area contributed by atoms with Crippen molar-refractivity contribution in [1.29, 1.82) is 0 Å². The standard InChI is InChI=1S/C32H29N5O2/c1-17-8-10-23-26(14-17)34-16-35-31(23)37-25-7-5-6-20(18(25)2)21-12-13-24(30(33)38)29-28(21)22-11-9-19(32(3,4)39)15-27(22)36-29/h5-16,36,39H,1-4H3,(H2,33,38)(H,34,35,37). The third-order valence-corrected chi connectivity index (χ3v) is 7.39. The van der Waals surface area contributed by atoms with Gasteiger partial charge in [-0.05, 0) is 85.8 Å². The van der Waals surface area contributed by atoms with Gasteiger partial charge in [0.2, 0.25) is 0 Å². The molecular formula is C32H29N5O2. The number of aryl methyl sites for hydroxylation is 1. The minimum atomic E-state index is -0.999. The van der Waals surface area contributed by atoms with Gasteiger partial charge in [-0.25, -0.2) is 9.97 Å². The van der Waals surface area contributed by atoms with Crippen molar-refractivity contribution >= 4 is 50.1 Å². The van der Waals surface area contributed by atoms with Gasteiger partial charge in [0.05, 0.1) is 22.2 Å². The van der Waals surface area contributed by atoms with Crippen LogP contribution in [0.3, 0.4) is 0 Å². The van der Waals surface area contributed by atoms with E-state index in [0.717, 1.165) is 66.5 Å². The van der Waals surface area contributed by atoms with E-state index in [4.69, 9.17) is 5.73 Å². The van der Waals surface area contributed by atoms with Crippen LogP contribution in [0.2, 0.25) is 0 Å². The SMILES string of the molecule is Cc1ccc2c(Nc3cccc(-c4ccc(C(N)=O)c5[nH]c6cc(C(C)(C)O)ccc6c45)c3C)ncnc2c1. The molecule has 4 aromatic carbocycles. The van der Waals surface area contributed by atoms with Gasteiger partial charge in [-0.3, -0.25) is 4.79 Å². The molecule has 5 N–H and O–H groups in total. The molecular weight excluding hydrogens is 486 g/mol. The molecule has 2 aromatic heterocycles. The van der Waals surface area contributed by atoms with Crippen LogP contribution in [0, 0.1) is 13.8 Å². The maximum atomic E-state index is 12.4. The number of fused-ring (bicyclic) bond motifs is 4. The van der Waals surface area contributed by atoms with Gasteiger partial charge in [0.1, 0.15) is 12.1 Å². The van der Waals surface area contributed by atoms with Crippen molar-refractivity contribution in [1.82, 2.24) is 15.0 Å². The average molecular weight is 516 g/mol. The molecule has 0 unspecified atom stereocenters. The van der Waals surface area contributed by atoms with Gasteiger partial charge in [0, 0.05) is 27.4 Å². The number of aromatic nitrogens is 3. The first kappa shape index (κ1) is 24.6.